The first-order valence-electron chi connectivity index (χ1n) is 31.6. The molecule has 6 heteroatoms. The van der Waals surface area contributed by atoms with Gasteiger partial charge < -0.3 is 18.3 Å². The summed E-state index contributed by atoms with van der Waals surface area (Å²) < 4.78 is 9.99. The van der Waals surface area contributed by atoms with E-state index in [-0.39, 0.29) is 47.3 Å². The molecule has 430 valence electrons. The molecule has 0 saturated carbocycles. The predicted octanol–water partition coefficient (Wildman–Crippen LogP) is 22.8. The van der Waals surface area contributed by atoms with Crippen molar-refractivity contribution in [2.24, 2.45) is 0 Å². The maximum atomic E-state index is 13.6. The van der Waals surface area contributed by atoms with E-state index in [1.165, 1.54) is 44.5 Å². The van der Waals surface area contributed by atoms with Gasteiger partial charge in [-0.2, -0.15) is 10.5 Å². The Morgan fingerprint density at radius 1 is 0.221 bits per heavy atom. The third kappa shape index (κ3) is 8.01. The maximum absolute atomic E-state index is 13.6. The normalized spacial score (nSPS) is 12.5. The van der Waals surface area contributed by atoms with Crippen molar-refractivity contribution in [3.63, 3.8) is 0 Å². The minimum Gasteiger partial charge on any atom is -0.305 e. The summed E-state index contributed by atoms with van der Waals surface area (Å²) in [6.07, 6.45) is 0. The van der Waals surface area contributed by atoms with E-state index in [2.05, 4.69) is 287 Å². The monoisotopic (exact) mass is 1120 g/mol. The Labute approximate surface area is 507 Å². The molecule has 13 rings (SSSR count). The zero-order valence-electron chi connectivity index (χ0n) is 53.2. The Morgan fingerprint density at radius 3 is 0.453 bits per heavy atom. The second-order valence-electron chi connectivity index (χ2n) is 26.9. The summed E-state index contributed by atoms with van der Waals surface area (Å²) in [4.78, 5) is 0. The Hall–Kier alpha value is -8.84. The second-order valence-corrected chi connectivity index (χ2v) is 26.9. The third-order valence-corrected chi connectivity index (χ3v) is 19.0. The number of benzene rings is 9. The van der Waals surface area contributed by atoms with Gasteiger partial charge in [-0.3, -0.25) is 0 Å². The SMILES string of the molecule is CC(C)c1cccc2c3cccc(C(C)C)c3n(-c3c(C#N)c(-n4c5c(C(C)C)cccc5c5cccc(C(C)C)c54)c(-n4c5c(C(C)C)cccc5c5cccc(C(C)C)c54)c(C#N)c3-n3c4c(C(C)C)cccc4c4cccc(C(C)C)c43)c12. The molecule has 0 bridgehead atoms. The van der Waals surface area contributed by atoms with Crippen LogP contribution in [0.15, 0.2) is 146 Å². The highest BCUT2D eigenvalue weighted by molar-refractivity contribution is 6.18. The van der Waals surface area contributed by atoms with E-state index in [0.717, 1.165) is 87.2 Å². The minimum atomic E-state index is 0.0989. The molecule has 4 heterocycles. The molecule has 0 unspecified atom stereocenters. The molecule has 4 aromatic heterocycles. The van der Waals surface area contributed by atoms with Crippen molar-refractivity contribution in [1.82, 2.24) is 18.3 Å². The van der Waals surface area contributed by atoms with Gasteiger partial charge in [-0.05, 0) is 91.9 Å². The van der Waals surface area contributed by atoms with Crippen LogP contribution in [0.4, 0.5) is 0 Å². The second kappa shape index (κ2) is 21.0. The van der Waals surface area contributed by atoms with Crippen molar-refractivity contribution >= 4 is 87.2 Å². The molecule has 0 aliphatic rings. The zero-order valence-corrected chi connectivity index (χ0v) is 53.2. The summed E-state index contributed by atoms with van der Waals surface area (Å²) >= 11 is 0. The molecule has 0 radical (unpaired) electrons. The summed E-state index contributed by atoms with van der Waals surface area (Å²) in [5.74, 6) is 0.791. The number of fused-ring (bicyclic) bond motifs is 12. The number of aromatic nitrogens is 4. The number of nitrogens with zero attached hydrogens (tertiary/aromatic N) is 6. The van der Waals surface area contributed by atoms with Gasteiger partial charge in [-0.15, -0.1) is 0 Å². The Morgan fingerprint density at radius 2 is 0.349 bits per heavy atom. The van der Waals surface area contributed by atoms with Gasteiger partial charge in [-0.1, -0.05) is 256 Å². The van der Waals surface area contributed by atoms with E-state index >= 15 is 0 Å². The Kier molecular flexibility index (Phi) is 13.7. The van der Waals surface area contributed by atoms with E-state index in [0.29, 0.717) is 33.9 Å². The minimum absolute atomic E-state index is 0.0989. The highest BCUT2D eigenvalue weighted by atomic mass is 15.1. The lowest BCUT2D eigenvalue weighted by atomic mass is 9.95. The Bertz CT molecular complexity index is 4160. The molecule has 0 fully saturated rings. The van der Waals surface area contributed by atoms with Gasteiger partial charge in [0.1, 0.15) is 23.3 Å². The van der Waals surface area contributed by atoms with Crippen molar-refractivity contribution in [2.45, 2.75) is 158 Å². The van der Waals surface area contributed by atoms with Gasteiger partial charge in [0.2, 0.25) is 0 Å². The lowest BCUT2D eigenvalue weighted by Gasteiger charge is -2.30. The van der Waals surface area contributed by atoms with Crippen molar-refractivity contribution in [1.29, 1.82) is 10.5 Å². The fourth-order valence-electron chi connectivity index (χ4n) is 15.1. The maximum Gasteiger partial charge on any atom is 0.104 e. The summed E-state index contributed by atoms with van der Waals surface area (Å²) in [6, 6.07) is 60.6. The first-order valence-corrected chi connectivity index (χ1v) is 31.6. The van der Waals surface area contributed by atoms with Crippen LogP contribution >= 0.6 is 0 Å². The van der Waals surface area contributed by atoms with E-state index in [1.54, 1.807) is 0 Å². The summed E-state index contributed by atoms with van der Waals surface area (Å²) in [5.41, 5.74) is 21.6. The van der Waals surface area contributed by atoms with E-state index in [4.69, 9.17) is 0 Å². The van der Waals surface area contributed by atoms with Crippen molar-refractivity contribution in [3.05, 3.63) is 201 Å². The molecule has 0 aliphatic carbocycles. The van der Waals surface area contributed by atoms with Crippen molar-refractivity contribution < 1.29 is 0 Å². The molecule has 9 aromatic carbocycles. The van der Waals surface area contributed by atoms with Crippen LogP contribution in [-0.2, 0) is 0 Å². The highest BCUT2D eigenvalue weighted by Crippen LogP contribution is 2.53. The number of rotatable bonds is 12. The van der Waals surface area contributed by atoms with Crippen molar-refractivity contribution in [2.75, 3.05) is 0 Å². The van der Waals surface area contributed by atoms with Gasteiger partial charge in [0.25, 0.3) is 0 Å². The van der Waals surface area contributed by atoms with Crippen LogP contribution in [0.5, 0.6) is 0 Å². The number of hydrogen-bond acceptors (Lipinski definition) is 2. The van der Waals surface area contributed by atoms with Crippen LogP contribution < -0.4 is 0 Å². The smallest absolute Gasteiger partial charge is 0.104 e. The quantitative estimate of drug-likeness (QED) is 0.122. The molecule has 6 nitrogen and oxygen atoms in total. The van der Waals surface area contributed by atoms with Crippen LogP contribution in [-0.4, -0.2) is 18.3 Å². The van der Waals surface area contributed by atoms with Crippen LogP contribution in [0.1, 0.15) is 214 Å². The van der Waals surface area contributed by atoms with E-state index < -0.39 is 0 Å². The molecular weight excluding hydrogens is 1040 g/mol. The lowest BCUT2D eigenvalue weighted by molar-refractivity contribution is 0.851. The van der Waals surface area contributed by atoms with Crippen LogP contribution in [0, 0.1) is 22.7 Å². The molecule has 0 spiro atoms. The highest BCUT2D eigenvalue weighted by Gasteiger charge is 2.38. The molecule has 13 aromatic rings. The fraction of sp³-hybridized carbons (Fsp3) is 0.300. The number of para-hydroxylation sites is 8. The first-order chi connectivity index (χ1) is 41.3. The van der Waals surface area contributed by atoms with Gasteiger partial charge in [0, 0.05) is 43.1 Å². The van der Waals surface area contributed by atoms with Gasteiger partial charge in [0.15, 0.2) is 0 Å². The van der Waals surface area contributed by atoms with Gasteiger partial charge >= 0.3 is 0 Å². The number of hydrogen-bond donors (Lipinski definition) is 0. The molecule has 0 atom stereocenters. The lowest BCUT2D eigenvalue weighted by Crippen LogP contribution is -2.19. The molecular formula is C80H80N6. The first kappa shape index (κ1) is 56.3. The molecule has 86 heavy (non-hydrogen) atoms. The average Bonchev–Trinajstić information content (AvgIpc) is 1.53. The van der Waals surface area contributed by atoms with Gasteiger partial charge in [0.05, 0.1) is 66.9 Å². The standard InChI is InChI=1S/C80H80N6/c1-43(2)51-25-17-33-59-60-34-18-26-52(44(3)4)70(60)83(69(51)59)77-67(41-81)79(85-73-55(47(9)10)29-21-37-63(73)64-38-22-30-56(48(11)12)74(64)85)80(86-75-57(49(13)14)31-23-39-65(75)66-40-24-32-58(50(15)16)76(66)86)68(42-82)78(77)84-71-53(45(5)6)27-19-35-61(71)62-36-20-28-54(46(7)8)72(62)84/h17-40,43-50H,1-16H3. The van der Waals surface area contributed by atoms with Gasteiger partial charge in [-0.25, -0.2) is 0 Å². The fourth-order valence-corrected chi connectivity index (χ4v) is 15.1. The summed E-state index contributed by atoms with van der Waals surface area (Å²) in [7, 11) is 0. The van der Waals surface area contributed by atoms with Crippen molar-refractivity contribution in [3.8, 4) is 34.9 Å². The zero-order chi connectivity index (χ0) is 60.6. The number of nitriles is 2. The molecule has 0 N–H and O–H groups in total. The third-order valence-electron chi connectivity index (χ3n) is 19.0. The van der Waals surface area contributed by atoms with E-state index in [1.807, 2.05) is 0 Å². The molecule has 0 amide bonds. The predicted molar refractivity (Wildman–Crippen MR) is 366 cm³/mol. The summed E-state index contributed by atoms with van der Waals surface area (Å²) in [5, 5.41) is 36.0. The van der Waals surface area contributed by atoms with Crippen LogP contribution in [0.25, 0.3) is 110 Å². The van der Waals surface area contributed by atoms with Crippen LogP contribution in [0.3, 0.4) is 0 Å². The van der Waals surface area contributed by atoms with E-state index in [9.17, 15) is 10.5 Å². The molecule has 0 aliphatic heterocycles. The van der Waals surface area contributed by atoms with Crippen LogP contribution in [0.2, 0.25) is 0 Å². The topological polar surface area (TPSA) is 67.3 Å². The average molecular weight is 1130 g/mol. The molecule has 0 saturated heterocycles. The summed E-state index contributed by atoms with van der Waals surface area (Å²) in [6.45, 7) is 36.6. The Balaban J connectivity index is 1.50. The largest absolute Gasteiger partial charge is 0.305 e.